The van der Waals surface area contributed by atoms with Gasteiger partial charge < -0.3 is 9.80 Å². The van der Waals surface area contributed by atoms with E-state index in [-0.39, 0.29) is 0 Å². The number of rotatable bonds is 8. The highest BCUT2D eigenvalue weighted by atomic mass is 32.1. The predicted molar refractivity (Wildman–Crippen MR) is 120 cm³/mol. The Morgan fingerprint density at radius 1 is 0.926 bits per heavy atom. The number of anilines is 1. The maximum atomic E-state index is 4.97. The molecule has 0 fully saturated rings. The summed E-state index contributed by atoms with van der Waals surface area (Å²) in [5, 5.41) is 1.09. The minimum atomic E-state index is 0.968. The van der Waals surface area contributed by atoms with Gasteiger partial charge in [0.05, 0.1) is 15.9 Å². The first kappa shape index (κ1) is 19.4. The zero-order valence-electron chi connectivity index (χ0n) is 16.8. The molecule has 0 aliphatic rings. The Labute approximate surface area is 167 Å². The minimum absolute atomic E-state index is 0.968. The lowest BCUT2D eigenvalue weighted by Gasteiger charge is -2.23. The molecule has 0 N–H and O–H groups in total. The molecule has 3 rings (SSSR count). The molecule has 0 saturated heterocycles. The summed E-state index contributed by atoms with van der Waals surface area (Å²) in [6.07, 6.45) is 2.26. The van der Waals surface area contributed by atoms with Crippen molar-refractivity contribution in [1.29, 1.82) is 0 Å². The fourth-order valence-corrected chi connectivity index (χ4v) is 4.41. The van der Waals surface area contributed by atoms with Crippen molar-refractivity contribution in [2.75, 3.05) is 31.1 Å². The van der Waals surface area contributed by atoms with Crippen LogP contribution in [0.15, 0.2) is 48.5 Å². The van der Waals surface area contributed by atoms with Crippen LogP contribution >= 0.6 is 11.3 Å². The molecule has 3 nitrogen and oxygen atoms in total. The average Bonchev–Trinajstić information content (AvgIpc) is 3.13. The van der Waals surface area contributed by atoms with Crippen molar-refractivity contribution < 1.29 is 0 Å². The van der Waals surface area contributed by atoms with E-state index >= 15 is 0 Å². The van der Waals surface area contributed by atoms with Gasteiger partial charge in [0.2, 0.25) is 0 Å². The van der Waals surface area contributed by atoms with Gasteiger partial charge in [-0.15, -0.1) is 11.3 Å². The summed E-state index contributed by atoms with van der Waals surface area (Å²) in [5.41, 5.74) is 4.77. The van der Waals surface area contributed by atoms with Gasteiger partial charge in [-0.1, -0.05) is 30.3 Å². The van der Waals surface area contributed by atoms with Crippen LogP contribution in [0.25, 0.3) is 22.0 Å². The molecule has 0 atom stereocenters. The second-order valence-electron chi connectivity index (χ2n) is 6.46. The summed E-state index contributed by atoms with van der Waals surface area (Å²) in [6, 6.07) is 17.2. The Bertz CT molecular complexity index is 890. The first-order valence-electron chi connectivity index (χ1n) is 9.87. The zero-order chi connectivity index (χ0) is 19.2. The highest BCUT2D eigenvalue weighted by molar-refractivity contribution is 7.19. The number of aromatic nitrogens is 1. The van der Waals surface area contributed by atoms with Gasteiger partial charge in [-0.05, 0) is 57.5 Å². The molecule has 4 heteroatoms. The van der Waals surface area contributed by atoms with E-state index in [1.54, 1.807) is 11.3 Å². The number of nitrogens with zero attached hydrogens (tertiary/aromatic N) is 3. The summed E-state index contributed by atoms with van der Waals surface area (Å²) in [4.78, 5) is 9.73. The second kappa shape index (κ2) is 9.05. The molecule has 0 amide bonds. The van der Waals surface area contributed by atoms with E-state index in [2.05, 4.69) is 92.1 Å². The number of fused-ring (bicyclic) bond motifs is 1. The van der Waals surface area contributed by atoms with Crippen LogP contribution in [0.5, 0.6) is 0 Å². The first-order valence-corrected chi connectivity index (χ1v) is 10.7. The average molecular weight is 380 g/mol. The highest BCUT2D eigenvalue weighted by Crippen LogP contribution is 2.32. The molecule has 0 spiro atoms. The molecule has 0 aliphatic heterocycles. The maximum Gasteiger partial charge on any atom is 0.140 e. The largest absolute Gasteiger partial charge is 0.372 e. The maximum absolute atomic E-state index is 4.97. The fraction of sp³-hybridized carbons (Fsp3) is 0.348. The Morgan fingerprint density at radius 3 is 2.26 bits per heavy atom. The SMILES string of the molecule is CCN(CC)C(=Cc1ccccc1)c1nc2ccc(N(CC)CC)cc2s1. The Kier molecular flexibility index (Phi) is 6.51. The minimum Gasteiger partial charge on any atom is -0.372 e. The van der Waals surface area contributed by atoms with Crippen LogP contribution in [0.3, 0.4) is 0 Å². The molecular weight excluding hydrogens is 350 g/mol. The van der Waals surface area contributed by atoms with E-state index in [1.807, 2.05) is 0 Å². The molecule has 0 bridgehead atoms. The van der Waals surface area contributed by atoms with Gasteiger partial charge in [0, 0.05) is 31.9 Å². The molecule has 0 saturated carbocycles. The van der Waals surface area contributed by atoms with Crippen molar-refractivity contribution >= 4 is 39.0 Å². The topological polar surface area (TPSA) is 19.4 Å². The molecule has 0 radical (unpaired) electrons. The van der Waals surface area contributed by atoms with Gasteiger partial charge in [0.1, 0.15) is 5.01 Å². The standard InChI is InChI=1S/C23H29N3S/c1-5-25(6-2)19-14-15-20-22(17-19)27-23(24-20)21(26(7-3)8-4)16-18-12-10-9-11-13-18/h9-17H,5-8H2,1-4H3. The zero-order valence-corrected chi connectivity index (χ0v) is 17.6. The molecule has 3 aromatic rings. The third-order valence-electron chi connectivity index (χ3n) is 4.93. The van der Waals surface area contributed by atoms with Gasteiger partial charge in [-0.25, -0.2) is 4.98 Å². The van der Waals surface area contributed by atoms with Gasteiger partial charge in [-0.3, -0.25) is 0 Å². The number of thiazole rings is 1. The summed E-state index contributed by atoms with van der Waals surface area (Å²) < 4.78 is 1.25. The summed E-state index contributed by atoms with van der Waals surface area (Å²) >= 11 is 1.79. The van der Waals surface area contributed by atoms with Gasteiger partial charge >= 0.3 is 0 Å². The molecule has 0 unspecified atom stereocenters. The van der Waals surface area contributed by atoms with Crippen LogP contribution in [0.1, 0.15) is 38.3 Å². The van der Waals surface area contributed by atoms with Crippen molar-refractivity contribution in [2.24, 2.45) is 0 Å². The van der Waals surface area contributed by atoms with Crippen molar-refractivity contribution in [2.45, 2.75) is 27.7 Å². The smallest absolute Gasteiger partial charge is 0.140 e. The van der Waals surface area contributed by atoms with Crippen LogP contribution in [-0.4, -0.2) is 36.1 Å². The molecule has 2 aromatic carbocycles. The summed E-state index contributed by atoms with van der Waals surface area (Å²) in [5.74, 6) is 0. The Balaban J connectivity index is 2.06. The fourth-order valence-electron chi connectivity index (χ4n) is 3.37. The van der Waals surface area contributed by atoms with E-state index < -0.39 is 0 Å². The normalized spacial score (nSPS) is 11.8. The van der Waals surface area contributed by atoms with Gasteiger partial charge in [-0.2, -0.15) is 0 Å². The molecule has 27 heavy (non-hydrogen) atoms. The number of hydrogen-bond acceptors (Lipinski definition) is 4. The van der Waals surface area contributed by atoms with E-state index in [9.17, 15) is 0 Å². The lowest BCUT2D eigenvalue weighted by Crippen LogP contribution is -2.21. The third kappa shape index (κ3) is 4.33. The Hall–Kier alpha value is -2.33. The summed E-state index contributed by atoms with van der Waals surface area (Å²) in [7, 11) is 0. The third-order valence-corrected chi connectivity index (χ3v) is 5.97. The second-order valence-corrected chi connectivity index (χ2v) is 7.49. The quantitative estimate of drug-likeness (QED) is 0.480. The van der Waals surface area contributed by atoms with Crippen LogP contribution in [-0.2, 0) is 0 Å². The van der Waals surface area contributed by atoms with Gasteiger partial charge in [0.15, 0.2) is 0 Å². The predicted octanol–water partition coefficient (Wildman–Crippen LogP) is 5.98. The molecule has 1 heterocycles. The molecule has 0 aliphatic carbocycles. The first-order chi connectivity index (χ1) is 13.2. The van der Waals surface area contributed by atoms with Gasteiger partial charge in [0.25, 0.3) is 0 Å². The lowest BCUT2D eigenvalue weighted by molar-refractivity contribution is 0.443. The van der Waals surface area contributed by atoms with Crippen LogP contribution < -0.4 is 4.90 Å². The van der Waals surface area contributed by atoms with Crippen molar-refractivity contribution in [3.05, 3.63) is 59.1 Å². The van der Waals surface area contributed by atoms with Crippen molar-refractivity contribution in [1.82, 2.24) is 9.88 Å². The Morgan fingerprint density at radius 2 is 1.63 bits per heavy atom. The van der Waals surface area contributed by atoms with Crippen LogP contribution in [0.2, 0.25) is 0 Å². The van der Waals surface area contributed by atoms with E-state index in [4.69, 9.17) is 4.98 Å². The van der Waals surface area contributed by atoms with Crippen molar-refractivity contribution in [3.63, 3.8) is 0 Å². The van der Waals surface area contributed by atoms with Crippen LogP contribution in [0, 0.1) is 0 Å². The van der Waals surface area contributed by atoms with Crippen molar-refractivity contribution in [3.8, 4) is 0 Å². The molecule has 142 valence electrons. The number of benzene rings is 2. The van der Waals surface area contributed by atoms with Crippen LogP contribution in [0.4, 0.5) is 5.69 Å². The summed E-state index contributed by atoms with van der Waals surface area (Å²) in [6.45, 7) is 12.8. The van der Waals surface area contributed by atoms with E-state index in [0.717, 1.165) is 36.7 Å². The molecular formula is C23H29N3S. The molecule has 1 aromatic heterocycles. The lowest BCUT2D eigenvalue weighted by atomic mass is 10.2. The monoisotopic (exact) mass is 379 g/mol. The number of hydrogen-bond donors (Lipinski definition) is 0. The highest BCUT2D eigenvalue weighted by Gasteiger charge is 2.15. The van der Waals surface area contributed by atoms with E-state index in [0.29, 0.717) is 0 Å². The van der Waals surface area contributed by atoms with E-state index in [1.165, 1.54) is 21.6 Å².